The Morgan fingerprint density at radius 3 is 2.44 bits per heavy atom. The molecule has 0 bridgehead atoms. The van der Waals surface area contributed by atoms with Crippen LogP contribution in [0.2, 0.25) is 0 Å². The molecule has 2 nitrogen and oxygen atoms in total. The van der Waals surface area contributed by atoms with Gasteiger partial charge in [0.2, 0.25) is 0 Å². The van der Waals surface area contributed by atoms with Crippen molar-refractivity contribution in [2.24, 2.45) is 11.7 Å². The fourth-order valence-electron chi connectivity index (χ4n) is 2.56. The topological polar surface area (TPSA) is 38.0 Å². The highest BCUT2D eigenvalue weighted by atomic mass is 19.1. The molecule has 0 amide bonds. The zero-order valence-corrected chi connectivity index (χ0v) is 9.45. The Balaban J connectivity index is 2.11. The molecule has 1 aliphatic heterocycles. The molecule has 0 saturated carbocycles. The number of hydrogen-bond donors (Lipinski definition) is 2. The van der Waals surface area contributed by atoms with Crippen LogP contribution in [0.5, 0.6) is 0 Å². The van der Waals surface area contributed by atoms with Crippen molar-refractivity contribution in [1.82, 2.24) is 5.32 Å². The number of rotatable bonds is 3. The number of benzene rings is 1. The molecule has 16 heavy (non-hydrogen) atoms. The third kappa shape index (κ3) is 2.60. The summed E-state index contributed by atoms with van der Waals surface area (Å²) >= 11 is 0. The molecule has 0 radical (unpaired) electrons. The Bertz CT molecular complexity index is 317. The van der Waals surface area contributed by atoms with Gasteiger partial charge >= 0.3 is 0 Å². The standard InChI is InChI=1S/C13H19FN2/c14-12-3-1-10(2-4-12)13(9-15)11-5-7-16-8-6-11/h1-4,11,13,16H,5-9,15H2. The average molecular weight is 222 g/mol. The maximum atomic E-state index is 12.9. The van der Waals surface area contributed by atoms with Gasteiger partial charge in [-0.1, -0.05) is 12.1 Å². The van der Waals surface area contributed by atoms with Crippen molar-refractivity contribution in [3.8, 4) is 0 Å². The smallest absolute Gasteiger partial charge is 0.123 e. The average Bonchev–Trinajstić information content (AvgIpc) is 2.34. The maximum absolute atomic E-state index is 12.9. The molecule has 1 aromatic rings. The predicted molar refractivity (Wildman–Crippen MR) is 63.8 cm³/mol. The molecular formula is C13H19FN2. The lowest BCUT2D eigenvalue weighted by atomic mass is 9.80. The Hall–Kier alpha value is -0.930. The van der Waals surface area contributed by atoms with Gasteiger partial charge in [0.15, 0.2) is 0 Å². The molecule has 1 aromatic carbocycles. The van der Waals surface area contributed by atoms with E-state index in [9.17, 15) is 4.39 Å². The summed E-state index contributed by atoms with van der Waals surface area (Å²) < 4.78 is 12.9. The summed E-state index contributed by atoms with van der Waals surface area (Å²) in [7, 11) is 0. The quantitative estimate of drug-likeness (QED) is 0.819. The van der Waals surface area contributed by atoms with E-state index in [1.807, 2.05) is 12.1 Å². The van der Waals surface area contributed by atoms with Gasteiger partial charge in [0, 0.05) is 0 Å². The van der Waals surface area contributed by atoms with Crippen LogP contribution in [0.1, 0.15) is 24.3 Å². The first kappa shape index (κ1) is 11.6. The second-order valence-corrected chi connectivity index (χ2v) is 4.48. The zero-order valence-electron chi connectivity index (χ0n) is 9.45. The van der Waals surface area contributed by atoms with Gasteiger partial charge in [0.25, 0.3) is 0 Å². The first-order valence-corrected chi connectivity index (χ1v) is 5.97. The van der Waals surface area contributed by atoms with Crippen molar-refractivity contribution in [1.29, 1.82) is 0 Å². The Kier molecular flexibility index (Phi) is 3.91. The molecule has 2 rings (SSSR count). The van der Waals surface area contributed by atoms with Crippen LogP contribution in [0.15, 0.2) is 24.3 Å². The number of nitrogens with one attached hydrogen (secondary N) is 1. The third-order valence-electron chi connectivity index (χ3n) is 3.50. The van der Waals surface area contributed by atoms with Crippen molar-refractivity contribution in [3.05, 3.63) is 35.6 Å². The second kappa shape index (κ2) is 5.41. The summed E-state index contributed by atoms with van der Waals surface area (Å²) in [6.45, 7) is 2.79. The molecule has 1 aliphatic rings. The van der Waals surface area contributed by atoms with E-state index in [0.717, 1.165) is 13.1 Å². The van der Waals surface area contributed by atoms with E-state index in [0.29, 0.717) is 18.4 Å². The molecule has 3 heteroatoms. The fraction of sp³-hybridized carbons (Fsp3) is 0.538. The van der Waals surface area contributed by atoms with Crippen molar-refractivity contribution >= 4 is 0 Å². The minimum absolute atomic E-state index is 0.176. The summed E-state index contributed by atoms with van der Waals surface area (Å²) in [4.78, 5) is 0. The first-order chi connectivity index (χ1) is 7.81. The molecule has 0 aliphatic carbocycles. The van der Waals surface area contributed by atoms with E-state index in [-0.39, 0.29) is 5.82 Å². The van der Waals surface area contributed by atoms with Crippen molar-refractivity contribution in [2.45, 2.75) is 18.8 Å². The third-order valence-corrected chi connectivity index (χ3v) is 3.50. The molecule has 3 N–H and O–H groups in total. The van der Waals surface area contributed by atoms with E-state index < -0.39 is 0 Å². The lowest BCUT2D eigenvalue weighted by Gasteiger charge is -2.30. The highest BCUT2D eigenvalue weighted by molar-refractivity contribution is 5.21. The van der Waals surface area contributed by atoms with Gasteiger partial charge in [-0.15, -0.1) is 0 Å². The van der Waals surface area contributed by atoms with Crippen LogP contribution in [0.25, 0.3) is 0 Å². The van der Waals surface area contributed by atoms with Gasteiger partial charge in [-0.3, -0.25) is 0 Å². The lowest BCUT2D eigenvalue weighted by Crippen LogP contribution is -2.33. The predicted octanol–water partition coefficient (Wildman–Crippen LogP) is 1.87. The molecule has 0 aromatic heterocycles. The fourth-order valence-corrected chi connectivity index (χ4v) is 2.56. The van der Waals surface area contributed by atoms with Crippen LogP contribution in [0.4, 0.5) is 4.39 Å². The van der Waals surface area contributed by atoms with Gasteiger partial charge in [0.1, 0.15) is 5.82 Å². The number of halogens is 1. The summed E-state index contributed by atoms with van der Waals surface area (Å²) in [5.74, 6) is 0.837. The van der Waals surface area contributed by atoms with Gasteiger partial charge in [-0.05, 0) is 62.0 Å². The Morgan fingerprint density at radius 1 is 1.25 bits per heavy atom. The van der Waals surface area contributed by atoms with Crippen LogP contribution in [-0.2, 0) is 0 Å². The molecule has 1 heterocycles. The van der Waals surface area contributed by atoms with Crippen molar-refractivity contribution in [2.75, 3.05) is 19.6 Å². The molecular weight excluding hydrogens is 203 g/mol. The molecule has 1 unspecified atom stereocenters. The monoisotopic (exact) mass is 222 g/mol. The second-order valence-electron chi connectivity index (χ2n) is 4.48. The SMILES string of the molecule is NCC(c1ccc(F)cc1)C1CCNCC1. The van der Waals surface area contributed by atoms with Gasteiger partial charge in [-0.25, -0.2) is 4.39 Å². The van der Waals surface area contributed by atoms with E-state index >= 15 is 0 Å². The van der Waals surface area contributed by atoms with Crippen LogP contribution < -0.4 is 11.1 Å². The van der Waals surface area contributed by atoms with Gasteiger partial charge in [-0.2, -0.15) is 0 Å². The Morgan fingerprint density at radius 2 is 1.88 bits per heavy atom. The molecule has 1 atom stereocenters. The summed E-state index contributed by atoms with van der Waals surface area (Å²) in [5, 5.41) is 3.35. The van der Waals surface area contributed by atoms with Gasteiger partial charge < -0.3 is 11.1 Å². The lowest BCUT2D eigenvalue weighted by molar-refractivity contribution is 0.321. The molecule has 1 saturated heterocycles. The minimum atomic E-state index is -0.176. The highest BCUT2D eigenvalue weighted by Gasteiger charge is 2.23. The van der Waals surface area contributed by atoms with E-state index in [2.05, 4.69) is 5.32 Å². The summed E-state index contributed by atoms with van der Waals surface area (Å²) in [5.41, 5.74) is 7.04. The summed E-state index contributed by atoms with van der Waals surface area (Å²) in [6, 6.07) is 6.79. The molecule has 0 spiro atoms. The van der Waals surface area contributed by atoms with Crippen LogP contribution in [-0.4, -0.2) is 19.6 Å². The van der Waals surface area contributed by atoms with Crippen LogP contribution in [0, 0.1) is 11.7 Å². The first-order valence-electron chi connectivity index (χ1n) is 5.97. The maximum Gasteiger partial charge on any atom is 0.123 e. The largest absolute Gasteiger partial charge is 0.330 e. The Labute approximate surface area is 96.0 Å². The zero-order chi connectivity index (χ0) is 11.4. The van der Waals surface area contributed by atoms with Crippen LogP contribution >= 0.6 is 0 Å². The van der Waals surface area contributed by atoms with Crippen molar-refractivity contribution < 1.29 is 4.39 Å². The van der Waals surface area contributed by atoms with E-state index in [1.165, 1.54) is 30.5 Å². The van der Waals surface area contributed by atoms with Crippen molar-refractivity contribution in [3.63, 3.8) is 0 Å². The number of hydrogen-bond acceptors (Lipinski definition) is 2. The number of nitrogens with two attached hydrogens (primary N) is 1. The number of piperidine rings is 1. The normalized spacial score (nSPS) is 19.6. The van der Waals surface area contributed by atoms with E-state index in [1.54, 1.807) is 0 Å². The summed E-state index contributed by atoms with van der Waals surface area (Å²) in [6.07, 6.45) is 2.33. The molecule has 88 valence electrons. The minimum Gasteiger partial charge on any atom is -0.330 e. The van der Waals surface area contributed by atoms with E-state index in [4.69, 9.17) is 5.73 Å². The van der Waals surface area contributed by atoms with Gasteiger partial charge in [0.05, 0.1) is 0 Å². The molecule has 1 fully saturated rings. The van der Waals surface area contributed by atoms with Crippen LogP contribution in [0.3, 0.4) is 0 Å². The highest BCUT2D eigenvalue weighted by Crippen LogP contribution is 2.30.